The van der Waals surface area contributed by atoms with E-state index in [2.05, 4.69) is 31.9 Å². The molecule has 0 radical (unpaired) electrons. The van der Waals surface area contributed by atoms with E-state index in [4.69, 9.17) is 5.11 Å². The number of carbonyl (C=O) groups is 1. The van der Waals surface area contributed by atoms with Gasteiger partial charge in [0.25, 0.3) is 0 Å². The van der Waals surface area contributed by atoms with Crippen molar-refractivity contribution >= 4 is 37.8 Å². The Morgan fingerprint density at radius 1 is 1.50 bits per heavy atom. The van der Waals surface area contributed by atoms with Gasteiger partial charge in [-0.15, -0.1) is 0 Å². The summed E-state index contributed by atoms with van der Waals surface area (Å²) in [6.45, 7) is 1.50. The van der Waals surface area contributed by atoms with Gasteiger partial charge in [-0.3, -0.25) is 0 Å². The Morgan fingerprint density at radius 2 is 1.88 bits per heavy atom. The first-order valence-corrected chi connectivity index (χ1v) is 3.39. The van der Waals surface area contributed by atoms with Gasteiger partial charge < -0.3 is 5.11 Å². The summed E-state index contributed by atoms with van der Waals surface area (Å²) < 4.78 is 0.484. The van der Waals surface area contributed by atoms with Crippen LogP contribution in [0, 0.1) is 0 Å². The lowest BCUT2D eigenvalue weighted by molar-refractivity contribution is -0.132. The van der Waals surface area contributed by atoms with E-state index in [0.717, 1.165) is 0 Å². The standard InChI is InChI=1S/C4H4Br2O2/c1-2(3(5)6)4(7)8/h1H3,(H,7,8). The first-order chi connectivity index (χ1) is 3.55. The highest BCUT2D eigenvalue weighted by Gasteiger charge is 2.01. The molecule has 0 bridgehead atoms. The number of halogens is 2. The van der Waals surface area contributed by atoms with Crippen molar-refractivity contribution in [1.82, 2.24) is 0 Å². The van der Waals surface area contributed by atoms with Crippen LogP contribution in [0.5, 0.6) is 0 Å². The summed E-state index contributed by atoms with van der Waals surface area (Å²) >= 11 is 5.91. The quantitative estimate of drug-likeness (QED) is 0.717. The molecule has 0 rings (SSSR count). The highest BCUT2D eigenvalue weighted by atomic mass is 79.9. The van der Waals surface area contributed by atoms with Crippen LogP contribution in [0.4, 0.5) is 0 Å². The summed E-state index contributed by atoms with van der Waals surface area (Å²) in [5.74, 6) is -0.922. The molecule has 0 fully saturated rings. The molecule has 4 heteroatoms. The molecule has 0 unspecified atom stereocenters. The van der Waals surface area contributed by atoms with Crippen LogP contribution in [0.1, 0.15) is 6.92 Å². The van der Waals surface area contributed by atoms with Crippen LogP contribution in [0.25, 0.3) is 0 Å². The Bertz CT molecular complexity index is 135. The fraction of sp³-hybridized carbons (Fsp3) is 0.250. The summed E-state index contributed by atoms with van der Waals surface area (Å²) in [6.07, 6.45) is 0. The third-order valence-corrected chi connectivity index (χ3v) is 1.79. The molecule has 0 aromatic carbocycles. The molecular weight excluding hydrogens is 240 g/mol. The van der Waals surface area contributed by atoms with E-state index in [1.165, 1.54) is 6.92 Å². The molecule has 0 aliphatic heterocycles. The monoisotopic (exact) mass is 242 g/mol. The lowest BCUT2D eigenvalue weighted by Crippen LogP contribution is -1.95. The van der Waals surface area contributed by atoms with Gasteiger partial charge in [-0.1, -0.05) is 0 Å². The van der Waals surface area contributed by atoms with Crippen LogP contribution in [0.15, 0.2) is 8.96 Å². The summed E-state index contributed by atoms with van der Waals surface area (Å²) in [5, 5.41) is 8.23. The van der Waals surface area contributed by atoms with Gasteiger partial charge >= 0.3 is 5.97 Å². The van der Waals surface area contributed by atoms with Crippen molar-refractivity contribution in [2.45, 2.75) is 6.92 Å². The van der Waals surface area contributed by atoms with E-state index >= 15 is 0 Å². The number of hydrogen-bond donors (Lipinski definition) is 1. The van der Waals surface area contributed by atoms with Crippen LogP contribution in [0.2, 0.25) is 0 Å². The van der Waals surface area contributed by atoms with E-state index in [9.17, 15) is 4.79 Å². The highest BCUT2D eigenvalue weighted by Crippen LogP contribution is 2.18. The molecule has 46 valence electrons. The number of carboxylic acids is 1. The molecule has 0 aliphatic carbocycles. The minimum atomic E-state index is -0.922. The second kappa shape index (κ2) is 3.25. The maximum Gasteiger partial charge on any atom is 0.332 e. The fourth-order valence-electron chi connectivity index (χ4n) is 0.0808. The van der Waals surface area contributed by atoms with Gasteiger partial charge in [0.15, 0.2) is 0 Å². The van der Waals surface area contributed by atoms with E-state index < -0.39 is 5.97 Å². The van der Waals surface area contributed by atoms with Crippen LogP contribution in [-0.4, -0.2) is 11.1 Å². The van der Waals surface area contributed by atoms with Gasteiger partial charge in [-0.2, -0.15) is 0 Å². The van der Waals surface area contributed by atoms with Gasteiger partial charge in [0.2, 0.25) is 0 Å². The van der Waals surface area contributed by atoms with Crippen LogP contribution in [-0.2, 0) is 4.79 Å². The summed E-state index contributed by atoms with van der Waals surface area (Å²) in [6, 6.07) is 0. The predicted molar refractivity (Wildman–Crippen MR) is 38.2 cm³/mol. The van der Waals surface area contributed by atoms with Crippen molar-refractivity contribution in [3.8, 4) is 0 Å². The van der Waals surface area contributed by atoms with Crippen LogP contribution < -0.4 is 0 Å². The first-order valence-electron chi connectivity index (χ1n) is 1.81. The molecule has 0 aliphatic rings. The van der Waals surface area contributed by atoms with Gasteiger partial charge in [-0.25, -0.2) is 4.79 Å². The molecule has 0 heterocycles. The SMILES string of the molecule is CC(C(=O)O)=C(Br)Br. The Balaban J connectivity index is 4.23. The Kier molecular flexibility index (Phi) is 3.31. The summed E-state index contributed by atoms with van der Waals surface area (Å²) in [7, 11) is 0. The normalized spacial score (nSPS) is 8.38. The molecule has 2 nitrogen and oxygen atoms in total. The number of aliphatic carboxylic acids is 1. The van der Waals surface area contributed by atoms with E-state index in [1.807, 2.05) is 0 Å². The largest absolute Gasteiger partial charge is 0.478 e. The lowest BCUT2D eigenvalue weighted by Gasteiger charge is -1.89. The van der Waals surface area contributed by atoms with Gasteiger partial charge in [0, 0.05) is 0 Å². The highest BCUT2D eigenvalue weighted by molar-refractivity contribution is 9.28. The van der Waals surface area contributed by atoms with Crippen molar-refractivity contribution in [2.24, 2.45) is 0 Å². The minimum absolute atomic E-state index is 0.269. The van der Waals surface area contributed by atoms with Crippen molar-refractivity contribution in [2.75, 3.05) is 0 Å². The molecule has 1 N–H and O–H groups in total. The third-order valence-electron chi connectivity index (χ3n) is 0.604. The van der Waals surface area contributed by atoms with E-state index in [0.29, 0.717) is 3.39 Å². The summed E-state index contributed by atoms with van der Waals surface area (Å²) in [4.78, 5) is 10.0. The maximum absolute atomic E-state index is 10.0. The van der Waals surface area contributed by atoms with Crippen LogP contribution >= 0.6 is 31.9 Å². The molecule has 8 heavy (non-hydrogen) atoms. The second-order valence-electron chi connectivity index (χ2n) is 1.19. The number of carboxylic acid groups (broad SMARTS) is 1. The molecule has 0 atom stereocenters. The van der Waals surface area contributed by atoms with Gasteiger partial charge in [-0.05, 0) is 38.8 Å². The number of rotatable bonds is 1. The smallest absolute Gasteiger partial charge is 0.332 e. The first kappa shape index (κ1) is 8.17. The van der Waals surface area contributed by atoms with Crippen molar-refractivity contribution < 1.29 is 9.90 Å². The van der Waals surface area contributed by atoms with E-state index in [-0.39, 0.29) is 5.57 Å². The average molecular weight is 244 g/mol. The van der Waals surface area contributed by atoms with Crippen molar-refractivity contribution in [3.05, 3.63) is 8.96 Å². The molecule has 0 amide bonds. The average Bonchev–Trinajstić information content (AvgIpc) is 1.64. The molecule has 0 saturated heterocycles. The van der Waals surface area contributed by atoms with Crippen molar-refractivity contribution in [1.29, 1.82) is 0 Å². The minimum Gasteiger partial charge on any atom is -0.478 e. The maximum atomic E-state index is 10.0. The van der Waals surface area contributed by atoms with Crippen LogP contribution in [0.3, 0.4) is 0 Å². The van der Waals surface area contributed by atoms with Gasteiger partial charge in [0.05, 0.1) is 8.96 Å². The number of hydrogen-bond acceptors (Lipinski definition) is 1. The Hall–Kier alpha value is 0.170. The molecule has 0 spiro atoms. The summed E-state index contributed by atoms with van der Waals surface area (Å²) in [5.41, 5.74) is 0.269. The molecular formula is C4H4Br2O2. The molecule has 0 saturated carbocycles. The predicted octanol–water partition coefficient (Wildman–Crippen LogP) is 2.09. The van der Waals surface area contributed by atoms with Crippen molar-refractivity contribution in [3.63, 3.8) is 0 Å². The molecule has 0 aromatic heterocycles. The lowest BCUT2D eigenvalue weighted by atomic mass is 10.4. The zero-order valence-corrected chi connectivity index (χ0v) is 7.28. The Morgan fingerprint density at radius 3 is 1.88 bits per heavy atom. The van der Waals surface area contributed by atoms with Gasteiger partial charge in [0.1, 0.15) is 0 Å². The van der Waals surface area contributed by atoms with E-state index in [1.54, 1.807) is 0 Å². The second-order valence-corrected chi connectivity index (χ2v) is 3.84. The third kappa shape index (κ3) is 2.47. The molecule has 0 aromatic rings. The topological polar surface area (TPSA) is 37.3 Å². The Labute approximate surface area is 63.8 Å². The zero-order valence-electron chi connectivity index (χ0n) is 4.11. The zero-order chi connectivity index (χ0) is 6.73. The fourth-order valence-corrected chi connectivity index (χ4v) is 0.420.